The van der Waals surface area contributed by atoms with E-state index in [-0.39, 0.29) is 17.6 Å². The Hall–Kier alpha value is -1.28. The number of nitrogens with zero attached hydrogens (tertiary/aromatic N) is 1. The zero-order valence-corrected chi connectivity index (χ0v) is 13.9. The molecule has 0 aromatic heterocycles. The summed E-state index contributed by atoms with van der Waals surface area (Å²) >= 11 is 3.91. The van der Waals surface area contributed by atoms with Crippen molar-refractivity contribution in [2.24, 2.45) is 11.7 Å². The van der Waals surface area contributed by atoms with Crippen molar-refractivity contribution in [1.82, 2.24) is 10.2 Å². The van der Waals surface area contributed by atoms with Gasteiger partial charge in [-0.05, 0) is 25.2 Å². The number of nitrogens with one attached hydrogen (secondary N) is 1. The number of carboxylic acids is 1. The minimum atomic E-state index is -1.14. The summed E-state index contributed by atoms with van der Waals surface area (Å²) in [5, 5.41) is 11.4. The second kappa shape index (κ2) is 8.38. The second-order valence-electron chi connectivity index (χ2n) is 6.01. The minimum absolute atomic E-state index is 0.00535. The summed E-state index contributed by atoms with van der Waals surface area (Å²) in [6, 6.07) is -2.33. The Morgan fingerprint density at radius 1 is 1.41 bits per heavy atom. The first-order valence-corrected chi connectivity index (χ1v) is 8.11. The van der Waals surface area contributed by atoms with E-state index in [1.54, 1.807) is 0 Å². The van der Waals surface area contributed by atoms with Gasteiger partial charge >= 0.3 is 5.97 Å². The summed E-state index contributed by atoms with van der Waals surface area (Å²) in [6.45, 7) is 4.43. The molecule has 0 unspecified atom stereocenters. The van der Waals surface area contributed by atoms with Crippen molar-refractivity contribution in [3.63, 3.8) is 0 Å². The summed E-state index contributed by atoms with van der Waals surface area (Å²) in [5.41, 5.74) is 5.91. The number of hydrogen-bond acceptors (Lipinski definition) is 5. The lowest BCUT2D eigenvalue weighted by Crippen LogP contribution is -2.54. The molecule has 1 heterocycles. The van der Waals surface area contributed by atoms with E-state index in [0.29, 0.717) is 25.8 Å². The third-order valence-corrected chi connectivity index (χ3v) is 4.04. The lowest BCUT2D eigenvalue weighted by Gasteiger charge is -2.28. The van der Waals surface area contributed by atoms with Gasteiger partial charge in [-0.15, -0.1) is 0 Å². The number of rotatable bonds is 7. The van der Waals surface area contributed by atoms with Crippen LogP contribution >= 0.6 is 12.6 Å². The van der Waals surface area contributed by atoms with Crippen LogP contribution in [0.3, 0.4) is 0 Å². The average molecular weight is 331 g/mol. The number of thiol groups is 1. The maximum absolute atomic E-state index is 12.4. The molecule has 22 heavy (non-hydrogen) atoms. The molecule has 1 saturated heterocycles. The van der Waals surface area contributed by atoms with Gasteiger partial charge in [0.05, 0.1) is 6.04 Å². The molecule has 1 fully saturated rings. The van der Waals surface area contributed by atoms with E-state index in [4.69, 9.17) is 10.8 Å². The van der Waals surface area contributed by atoms with Crippen LogP contribution in [0.25, 0.3) is 0 Å². The van der Waals surface area contributed by atoms with Crippen molar-refractivity contribution < 1.29 is 19.5 Å². The van der Waals surface area contributed by atoms with Crippen LogP contribution in [0.2, 0.25) is 0 Å². The van der Waals surface area contributed by atoms with E-state index in [2.05, 4.69) is 17.9 Å². The number of carbonyl (C=O) groups is 3. The van der Waals surface area contributed by atoms with Crippen LogP contribution in [0.4, 0.5) is 0 Å². The highest BCUT2D eigenvalue weighted by atomic mass is 32.1. The Kier molecular flexibility index (Phi) is 7.15. The van der Waals surface area contributed by atoms with Crippen molar-refractivity contribution in [2.75, 3.05) is 12.3 Å². The van der Waals surface area contributed by atoms with Gasteiger partial charge in [0.25, 0.3) is 0 Å². The first kappa shape index (κ1) is 18.8. The van der Waals surface area contributed by atoms with Crippen LogP contribution in [-0.4, -0.2) is 58.2 Å². The van der Waals surface area contributed by atoms with Crippen LogP contribution in [0.15, 0.2) is 0 Å². The number of hydrogen-bond donors (Lipinski definition) is 4. The SMILES string of the molecule is CC(C)C[C@H](N)C(=O)N1CCC[C@H]1C(=O)N[C@@H](CS)C(=O)O. The maximum Gasteiger partial charge on any atom is 0.327 e. The monoisotopic (exact) mass is 331 g/mol. The highest BCUT2D eigenvalue weighted by Gasteiger charge is 2.37. The van der Waals surface area contributed by atoms with Crippen molar-refractivity contribution in [2.45, 2.75) is 51.2 Å². The summed E-state index contributed by atoms with van der Waals surface area (Å²) in [5.74, 6) is -1.56. The zero-order chi connectivity index (χ0) is 16.9. The predicted octanol–water partition coefficient (Wildman–Crippen LogP) is -0.150. The molecule has 2 amide bonds. The summed E-state index contributed by atoms with van der Waals surface area (Å²) in [4.78, 5) is 37.0. The third-order valence-electron chi connectivity index (χ3n) is 3.68. The molecule has 4 N–H and O–H groups in total. The lowest BCUT2D eigenvalue weighted by molar-refractivity contribution is -0.143. The summed E-state index contributed by atoms with van der Waals surface area (Å²) in [6.07, 6.45) is 1.78. The molecule has 1 aliphatic rings. The van der Waals surface area contributed by atoms with E-state index < -0.39 is 30.0 Å². The molecule has 0 radical (unpaired) electrons. The molecular formula is C14H25N3O4S. The van der Waals surface area contributed by atoms with Crippen molar-refractivity contribution in [1.29, 1.82) is 0 Å². The molecule has 126 valence electrons. The Morgan fingerprint density at radius 2 is 2.05 bits per heavy atom. The minimum Gasteiger partial charge on any atom is -0.480 e. The third kappa shape index (κ3) is 4.88. The van der Waals surface area contributed by atoms with Gasteiger partial charge in [0.1, 0.15) is 12.1 Å². The number of nitrogens with two attached hydrogens (primary N) is 1. The van der Waals surface area contributed by atoms with Gasteiger partial charge < -0.3 is 21.1 Å². The lowest BCUT2D eigenvalue weighted by atomic mass is 10.0. The quantitative estimate of drug-likeness (QED) is 0.485. The highest BCUT2D eigenvalue weighted by Crippen LogP contribution is 2.20. The summed E-state index contributed by atoms with van der Waals surface area (Å²) < 4.78 is 0. The van der Waals surface area contributed by atoms with Crippen LogP contribution < -0.4 is 11.1 Å². The van der Waals surface area contributed by atoms with Gasteiger partial charge in [0.15, 0.2) is 0 Å². The molecule has 3 atom stereocenters. The number of aliphatic carboxylic acids is 1. The van der Waals surface area contributed by atoms with Gasteiger partial charge in [-0.25, -0.2) is 4.79 Å². The predicted molar refractivity (Wildman–Crippen MR) is 85.6 cm³/mol. The van der Waals surface area contributed by atoms with Crippen LogP contribution in [0.1, 0.15) is 33.1 Å². The zero-order valence-electron chi connectivity index (χ0n) is 13.0. The van der Waals surface area contributed by atoms with E-state index >= 15 is 0 Å². The molecule has 1 aliphatic heterocycles. The number of carbonyl (C=O) groups excluding carboxylic acids is 2. The van der Waals surface area contributed by atoms with Gasteiger partial charge in [-0.3, -0.25) is 9.59 Å². The fourth-order valence-electron chi connectivity index (χ4n) is 2.58. The fraction of sp³-hybridized carbons (Fsp3) is 0.786. The second-order valence-corrected chi connectivity index (χ2v) is 6.37. The van der Waals surface area contributed by atoms with Crippen molar-refractivity contribution in [3.8, 4) is 0 Å². The maximum atomic E-state index is 12.4. The molecule has 1 rings (SSSR count). The van der Waals surface area contributed by atoms with E-state index in [1.165, 1.54) is 4.90 Å². The fourth-order valence-corrected chi connectivity index (χ4v) is 2.83. The van der Waals surface area contributed by atoms with E-state index in [0.717, 1.165) is 0 Å². The average Bonchev–Trinajstić information content (AvgIpc) is 2.91. The molecule has 0 saturated carbocycles. The molecule has 7 nitrogen and oxygen atoms in total. The molecule has 0 bridgehead atoms. The molecular weight excluding hydrogens is 306 g/mol. The highest BCUT2D eigenvalue weighted by molar-refractivity contribution is 7.80. The normalized spacial score (nSPS) is 20.8. The Bertz CT molecular complexity index is 430. The molecule has 0 aromatic carbocycles. The topological polar surface area (TPSA) is 113 Å². The molecule has 8 heteroatoms. The van der Waals surface area contributed by atoms with Crippen LogP contribution in [0.5, 0.6) is 0 Å². The van der Waals surface area contributed by atoms with Gasteiger partial charge in [0, 0.05) is 12.3 Å². The Labute approximate surface area is 136 Å². The number of carboxylic acid groups (broad SMARTS) is 1. The standard InChI is InChI=1S/C14H25N3O4S/c1-8(2)6-9(15)13(19)17-5-3-4-11(17)12(18)16-10(7-22)14(20)21/h8-11,22H,3-7,15H2,1-2H3,(H,16,18)(H,20,21)/t9-,10-,11-/m0/s1. The van der Waals surface area contributed by atoms with Crippen LogP contribution in [0, 0.1) is 5.92 Å². The van der Waals surface area contributed by atoms with E-state index in [1.807, 2.05) is 13.8 Å². The summed E-state index contributed by atoms with van der Waals surface area (Å²) in [7, 11) is 0. The molecule has 0 aliphatic carbocycles. The van der Waals surface area contributed by atoms with Gasteiger partial charge in [0.2, 0.25) is 11.8 Å². The number of likely N-dealkylation sites (tertiary alicyclic amines) is 1. The van der Waals surface area contributed by atoms with Crippen molar-refractivity contribution >= 4 is 30.4 Å². The smallest absolute Gasteiger partial charge is 0.327 e. The Morgan fingerprint density at radius 3 is 2.55 bits per heavy atom. The first-order chi connectivity index (χ1) is 10.3. The Balaban J connectivity index is 2.71. The van der Waals surface area contributed by atoms with Gasteiger partial charge in [-0.2, -0.15) is 12.6 Å². The molecule has 0 aromatic rings. The van der Waals surface area contributed by atoms with Crippen LogP contribution in [-0.2, 0) is 14.4 Å². The van der Waals surface area contributed by atoms with Gasteiger partial charge in [-0.1, -0.05) is 13.8 Å². The van der Waals surface area contributed by atoms with Crippen molar-refractivity contribution in [3.05, 3.63) is 0 Å². The largest absolute Gasteiger partial charge is 0.480 e. The molecule has 0 spiro atoms. The number of amides is 2. The first-order valence-electron chi connectivity index (χ1n) is 7.48. The van der Waals surface area contributed by atoms with E-state index in [9.17, 15) is 14.4 Å².